The van der Waals surface area contributed by atoms with Crippen LogP contribution in [-0.2, 0) is 4.74 Å². The summed E-state index contributed by atoms with van der Waals surface area (Å²) in [6, 6.07) is 19.8. The summed E-state index contributed by atoms with van der Waals surface area (Å²) in [6.45, 7) is 0. The number of benzene rings is 2. The lowest BCUT2D eigenvalue weighted by Gasteiger charge is -2.53. The highest BCUT2D eigenvalue weighted by atomic mass is 79.9. The summed E-state index contributed by atoms with van der Waals surface area (Å²) >= 11 is 3.63. The van der Waals surface area contributed by atoms with Gasteiger partial charge in [0.15, 0.2) is 0 Å². The van der Waals surface area contributed by atoms with Gasteiger partial charge in [-0.05, 0) is 42.0 Å². The Morgan fingerprint density at radius 3 is 2.63 bits per heavy atom. The van der Waals surface area contributed by atoms with Crippen molar-refractivity contribution in [3.05, 3.63) is 94.5 Å². The first-order valence-corrected chi connectivity index (χ1v) is 11.9. The SMILES string of the molecule is Brc1ccc([C@H]2[C@@H]3C=C[C@@H](C3)[C@]34CC(c5ccccc5)=N[C@]23[C@H]2CC=C[C@H]2O4)cc1. The van der Waals surface area contributed by atoms with Crippen LogP contribution in [0.15, 0.2) is 88.4 Å². The van der Waals surface area contributed by atoms with Crippen molar-refractivity contribution in [3.63, 3.8) is 0 Å². The summed E-state index contributed by atoms with van der Waals surface area (Å²) in [7, 11) is 0. The summed E-state index contributed by atoms with van der Waals surface area (Å²) in [4.78, 5) is 5.73. The molecule has 2 aromatic carbocycles. The van der Waals surface area contributed by atoms with Crippen LogP contribution in [0.2, 0.25) is 0 Å². The molecule has 2 heterocycles. The van der Waals surface area contributed by atoms with Gasteiger partial charge in [0.05, 0.1) is 6.10 Å². The molecule has 0 radical (unpaired) electrons. The normalized spacial score (nSPS) is 42.2. The molecule has 30 heavy (non-hydrogen) atoms. The maximum atomic E-state index is 7.09. The van der Waals surface area contributed by atoms with Gasteiger partial charge in [-0.2, -0.15) is 0 Å². The highest BCUT2D eigenvalue weighted by Gasteiger charge is 2.76. The van der Waals surface area contributed by atoms with E-state index in [1.807, 2.05) is 0 Å². The van der Waals surface area contributed by atoms with Gasteiger partial charge >= 0.3 is 0 Å². The van der Waals surface area contributed by atoms with E-state index >= 15 is 0 Å². The second-order valence-corrected chi connectivity index (χ2v) is 10.5. The van der Waals surface area contributed by atoms with Crippen LogP contribution in [-0.4, -0.2) is 23.0 Å². The third kappa shape index (κ3) is 2.06. The minimum atomic E-state index is -0.223. The Bertz CT molecular complexity index is 1100. The minimum Gasteiger partial charge on any atom is -0.364 e. The fraction of sp³-hybridized carbons (Fsp3) is 0.370. The van der Waals surface area contributed by atoms with Crippen molar-refractivity contribution in [1.29, 1.82) is 0 Å². The van der Waals surface area contributed by atoms with E-state index in [1.54, 1.807) is 0 Å². The summed E-state index contributed by atoms with van der Waals surface area (Å²) in [6.07, 6.45) is 13.0. The smallest absolute Gasteiger partial charge is 0.107 e. The van der Waals surface area contributed by atoms with Crippen LogP contribution in [0.1, 0.15) is 36.3 Å². The number of hydrogen-bond donors (Lipinski definition) is 0. The maximum Gasteiger partial charge on any atom is 0.107 e. The van der Waals surface area contributed by atoms with Crippen LogP contribution in [0.25, 0.3) is 0 Å². The molecule has 150 valence electrons. The van der Waals surface area contributed by atoms with Crippen LogP contribution in [0.4, 0.5) is 0 Å². The molecule has 3 heteroatoms. The van der Waals surface area contributed by atoms with Crippen molar-refractivity contribution in [2.24, 2.45) is 22.7 Å². The molecule has 0 spiro atoms. The molecule has 0 aromatic heterocycles. The first kappa shape index (κ1) is 17.7. The summed E-state index contributed by atoms with van der Waals surface area (Å²) in [5.74, 6) is 1.78. The second-order valence-electron chi connectivity index (χ2n) is 9.59. The molecule has 0 N–H and O–H groups in total. The Balaban J connectivity index is 1.48. The van der Waals surface area contributed by atoms with Crippen molar-refractivity contribution in [3.8, 4) is 0 Å². The number of allylic oxidation sites excluding steroid dienone is 2. The number of ether oxygens (including phenoxy) is 1. The molecule has 0 amide bonds. The zero-order valence-electron chi connectivity index (χ0n) is 16.7. The predicted molar refractivity (Wildman–Crippen MR) is 123 cm³/mol. The van der Waals surface area contributed by atoms with Crippen molar-refractivity contribution < 1.29 is 4.74 Å². The van der Waals surface area contributed by atoms with E-state index in [0.717, 1.165) is 17.3 Å². The van der Waals surface area contributed by atoms with Gasteiger partial charge in [0.1, 0.15) is 11.1 Å². The molecule has 7 rings (SSSR count). The van der Waals surface area contributed by atoms with Gasteiger partial charge in [-0.1, -0.05) is 82.7 Å². The van der Waals surface area contributed by atoms with Crippen molar-refractivity contribution >= 4 is 21.6 Å². The Morgan fingerprint density at radius 2 is 1.80 bits per heavy atom. The van der Waals surface area contributed by atoms with Gasteiger partial charge in [0.2, 0.25) is 0 Å². The summed E-state index contributed by atoms with van der Waals surface area (Å²) in [5.41, 5.74) is 3.49. The fourth-order valence-electron chi connectivity index (χ4n) is 7.40. The van der Waals surface area contributed by atoms with E-state index in [4.69, 9.17) is 9.73 Å². The van der Waals surface area contributed by atoms with Gasteiger partial charge in [0.25, 0.3) is 0 Å². The highest BCUT2D eigenvalue weighted by molar-refractivity contribution is 9.10. The van der Waals surface area contributed by atoms with Crippen LogP contribution in [0, 0.1) is 17.8 Å². The molecule has 2 nitrogen and oxygen atoms in total. The Morgan fingerprint density at radius 1 is 0.967 bits per heavy atom. The molecular formula is C27H24BrNO. The Hall–Kier alpha value is -1.97. The highest BCUT2D eigenvalue weighted by Crippen LogP contribution is 2.70. The van der Waals surface area contributed by atoms with E-state index in [-0.39, 0.29) is 17.2 Å². The van der Waals surface area contributed by atoms with E-state index in [0.29, 0.717) is 23.7 Å². The van der Waals surface area contributed by atoms with Crippen LogP contribution >= 0.6 is 15.9 Å². The number of halogens is 1. The average Bonchev–Trinajstić information content (AvgIpc) is 3.51. The topological polar surface area (TPSA) is 21.6 Å². The van der Waals surface area contributed by atoms with E-state index < -0.39 is 0 Å². The Labute approximate surface area is 185 Å². The third-order valence-electron chi connectivity index (χ3n) is 8.41. The first-order chi connectivity index (χ1) is 14.7. The molecule has 1 saturated carbocycles. The Kier molecular flexibility index (Phi) is 3.57. The number of fused-ring (bicyclic) bond motifs is 3. The molecule has 2 aliphatic heterocycles. The van der Waals surface area contributed by atoms with Gasteiger partial charge in [-0.25, -0.2) is 0 Å². The van der Waals surface area contributed by atoms with Crippen molar-refractivity contribution in [1.82, 2.24) is 0 Å². The molecule has 5 aliphatic rings. The molecule has 7 atom stereocenters. The lowest BCUT2D eigenvalue weighted by atomic mass is 9.53. The molecular weight excluding hydrogens is 434 g/mol. The number of nitrogens with zero attached hydrogens (tertiary/aromatic N) is 1. The number of aliphatic imine (C=N–C) groups is 1. The predicted octanol–water partition coefficient (Wildman–Crippen LogP) is 6.08. The van der Waals surface area contributed by atoms with Crippen LogP contribution in [0.5, 0.6) is 0 Å². The maximum absolute atomic E-state index is 7.09. The van der Waals surface area contributed by atoms with Crippen molar-refractivity contribution in [2.75, 3.05) is 0 Å². The molecule has 1 saturated heterocycles. The molecule has 2 fully saturated rings. The van der Waals surface area contributed by atoms with Crippen LogP contribution in [0.3, 0.4) is 0 Å². The second kappa shape index (κ2) is 6.05. The average molecular weight is 458 g/mol. The summed E-state index contributed by atoms with van der Waals surface area (Å²) in [5, 5.41) is 0. The van der Waals surface area contributed by atoms with E-state index in [9.17, 15) is 0 Å². The van der Waals surface area contributed by atoms with Gasteiger partial charge in [-0.15, -0.1) is 0 Å². The minimum absolute atomic E-state index is 0.197. The van der Waals surface area contributed by atoms with Crippen LogP contribution < -0.4 is 0 Å². The third-order valence-corrected chi connectivity index (χ3v) is 8.93. The summed E-state index contributed by atoms with van der Waals surface area (Å²) < 4.78 is 8.22. The van der Waals surface area contributed by atoms with E-state index in [2.05, 4.69) is 94.8 Å². The standard InChI is InChI=1S/C27H24BrNO/c28-21-13-10-18(11-14-21)25-19-9-12-20(15-19)26-16-23(17-5-2-1-3-6-17)29-27(25,26)22-7-4-8-24(22)30-26/h1-6,8-14,19-20,22,24-25H,7,15-16H2/t19-,20+,22+,24-,25+,26-,27-/m1/s1. The lowest BCUT2D eigenvalue weighted by Crippen LogP contribution is -2.61. The monoisotopic (exact) mass is 457 g/mol. The molecule has 2 aromatic rings. The van der Waals surface area contributed by atoms with Crippen molar-refractivity contribution in [2.45, 2.75) is 42.4 Å². The lowest BCUT2D eigenvalue weighted by molar-refractivity contribution is -0.0944. The number of hydrogen-bond acceptors (Lipinski definition) is 2. The van der Waals surface area contributed by atoms with Gasteiger partial charge in [-0.3, -0.25) is 4.99 Å². The zero-order chi connectivity index (χ0) is 19.9. The number of rotatable bonds is 2. The quantitative estimate of drug-likeness (QED) is 0.500. The molecule has 2 bridgehead atoms. The van der Waals surface area contributed by atoms with Gasteiger partial charge < -0.3 is 4.74 Å². The first-order valence-electron chi connectivity index (χ1n) is 11.1. The molecule has 0 unspecified atom stereocenters. The van der Waals surface area contributed by atoms with E-state index in [1.165, 1.54) is 23.3 Å². The fourth-order valence-corrected chi connectivity index (χ4v) is 7.66. The van der Waals surface area contributed by atoms with Gasteiger partial charge in [0, 0.05) is 34.4 Å². The zero-order valence-corrected chi connectivity index (χ0v) is 18.3. The largest absolute Gasteiger partial charge is 0.364 e. The molecule has 3 aliphatic carbocycles.